The first-order valence-electron chi connectivity index (χ1n) is 5.72. The highest BCUT2D eigenvalue weighted by Crippen LogP contribution is 2.29. The summed E-state index contributed by atoms with van der Waals surface area (Å²) in [5, 5.41) is 3.63. The third kappa shape index (κ3) is 2.05. The van der Waals surface area contributed by atoms with Crippen LogP contribution in [0.2, 0.25) is 0 Å². The van der Waals surface area contributed by atoms with Crippen LogP contribution in [0, 0.1) is 5.92 Å². The fraction of sp³-hybridized carbons (Fsp3) is 1.00. The third-order valence-corrected chi connectivity index (χ3v) is 3.94. The van der Waals surface area contributed by atoms with Crippen LogP contribution >= 0.6 is 0 Å². The van der Waals surface area contributed by atoms with Gasteiger partial charge < -0.3 is 11.1 Å². The molecule has 0 aromatic carbocycles. The summed E-state index contributed by atoms with van der Waals surface area (Å²) in [5.74, 6) is 0.880. The lowest BCUT2D eigenvalue weighted by Gasteiger charge is -2.37. The van der Waals surface area contributed by atoms with Gasteiger partial charge in [0, 0.05) is 18.1 Å². The predicted molar refractivity (Wildman–Crippen MR) is 55.6 cm³/mol. The van der Waals surface area contributed by atoms with Crippen LogP contribution in [-0.4, -0.2) is 18.1 Å². The van der Waals surface area contributed by atoms with E-state index in [0.29, 0.717) is 0 Å². The number of nitrogens with one attached hydrogen (secondary N) is 1. The average Bonchev–Trinajstić information content (AvgIpc) is 2.50. The van der Waals surface area contributed by atoms with Crippen molar-refractivity contribution in [3.8, 4) is 0 Å². The second-order valence-electron chi connectivity index (χ2n) is 5.11. The predicted octanol–water partition coefficient (Wildman–Crippen LogP) is 1.65. The molecule has 2 unspecified atom stereocenters. The Morgan fingerprint density at radius 3 is 2.46 bits per heavy atom. The number of hydrogen-bond donors (Lipinski definition) is 2. The van der Waals surface area contributed by atoms with E-state index in [0.717, 1.165) is 18.5 Å². The van der Waals surface area contributed by atoms with Crippen molar-refractivity contribution in [3.05, 3.63) is 0 Å². The third-order valence-electron chi connectivity index (χ3n) is 3.94. The second-order valence-corrected chi connectivity index (χ2v) is 5.11. The zero-order valence-electron chi connectivity index (χ0n) is 8.68. The van der Waals surface area contributed by atoms with Gasteiger partial charge >= 0.3 is 0 Å². The molecule has 2 atom stereocenters. The molecule has 0 aromatic rings. The van der Waals surface area contributed by atoms with Crippen molar-refractivity contribution in [1.82, 2.24) is 5.32 Å². The second kappa shape index (κ2) is 3.58. The van der Waals surface area contributed by atoms with Gasteiger partial charge in [0.2, 0.25) is 0 Å². The minimum atomic E-state index is 0.134. The Morgan fingerprint density at radius 1 is 1.31 bits per heavy atom. The Labute approximate surface area is 81.3 Å². The maximum absolute atomic E-state index is 6.27. The van der Waals surface area contributed by atoms with Gasteiger partial charge in [0.1, 0.15) is 0 Å². The minimum absolute atomic E-state index is 0.134. The first-order valence-corrected chi connectivity index (χ1v) is 5.72. The zero-order chi connectivity index (χ0) is 9.31. The molecular weight excluding hydrogens is 160 g/mol. The molecule has 0 heterocycles. The van der Waals surface area contributed by atoms with Gasteiger partial charge in [-0.3, -0.25) is 0 Å². The average molecular weight is 182 g/mol. The molecule has 2 nitrogen and oxygen atoms in total. The standard InChI is InChI=1S/C11H22N2/c1-9-4-5-10(9)13-8-11(12)6-2-3-7-11/h9-10,13H,2-8,12H2,1H3. The number of nitrogens with two attached hydrogens (primary N) is 1. The van der Waals surface area contributed by atoms with Gasteiger partial charge in [0.05, 0.1) is 0 Å². The fourth-order valence-electron chi connectivity index (χ4n) is 2.56. The van der Waals surface area contributed by atoms with Crippen LogP contribution in [-0.2, 0) is 0 Å². The van der Waals surface area contributed by atoms with Crippen molar-refractivity contribution < 1.29 is 0 Å². The van der Waals surface area contributed by atoms with E-state index in [4.69, 9.17) is 5.73 Å². The molecule has 2 heteroatoms. The van der Waals surface area contributed by atoms with E-state index in [2.05, 4.69) is 12.2 Å². The van der Waals surface area contributed by atoms with Crippen LogP contribution in [0.25, 0.3) is 0 Å². The van der Waals surface area contributed by atoms with Crippen LogP contribution in [0.3, 0.4) is 0 Å². The van der Waals surface area contributed by atoms with Crippen LogP contribution < -0.4 is 11.1 Å². The molecular formula is C11H22N2. The molecule has 13 heavy (non-hydrogen) atoms. The monoisotopic (exact) mass is 182 g/mol. The van der Waals surface area contributed by atoms with Crippen molar-refractivity contribution >= 4 is 0 Å². The first-order chi connectivity index (χ1) is 6.20. The summed E-state index contributed by atoms with van der Waals surface area (Å²) < 4.78 is 0. The van der Waals surface area contributed by atoms with E-state index in [9.17, 15) is 0 Å². The molecule has 3 N–H and O–H groups in total. The lowest BCUT2D eigenvalue weighted by Crippen LogP contribution is -2.52. The molecule has 2 saturated carbocycles. The molecule has 0 spiro atoms. The highest BCUT2D eigenvalue weighted by molar-refractivity contribution is 4.94. The molecule has 2 aliphatic carbocycles. The van der Waals surface area contributed by atoms with Crippen molar-refractivity contribution in [2.45, 2.75) is 57.0 Å². The Bertz CT molecular complexity index is 173. The topological polar surface area (TPSA) is 38.0 Å². The summed E-state index contributed by atoms with van der Waals surface area (Å²) in [7, 11) is 0. The van der Waals surface area contributed by atoms with Gasteiger partial charge in [-0.2, -0.15) is 0 Å². The van der Waals surface area contributed by atoms with Crippen molar-refractivity contribution in [3.63, 3.8) is 0 Å². The van der Waals surface area contributed by atoms with Crippen molar-refractivity contribution in [2.75, 3.05) is 6.54 Å². The summed E-state index contributed by atoms with van der Waals surface area (Å²) in [5.41, 5.74) is 6.40. The van der Waals surface area contributed by atoms with Crippen LogP contribution in [0.1, 0.15) is 45.4 Å². The molecule has 0 aliphatic heterocycles. The SMILES string of the molecule is CC1CCC1NCC1(N)CCCC1. The minimum Gasteiger partial charge on any atom is -0.324 e. The summed E-state index contributed by atoms with van der Waals surface area (Å²) >= 11 is 0. The van der Waals surface area contributed by atoms with E-state index < -0.39 is 0 Å². The first kappa shape index (κ1) is 9.47. The maximum Gasteiger partial charge on any atom is 0.0280 e. The van der Waals surface area contributed by atoms with Gasteiger partial charge in [0.15, 0.2) is 0 Å². The van der Waals surface area contributed by atoms with Crippen molar-refractivity contribution in [2.24, 2.45) is 11.7 Å². The lowest BCUT2D eigenvalue weighted by atomic mass is 9.80. The molecule has 0 amide bonds. The summed E-state index contributed by atoms with van der Waals surface area (Å²) in [6.07, 6.45) is 7.87. The van der Waals surface area contributed by atoms with Gasteiger partial charge in [-0.15, -0.1) is 0 Å². The summed E-state index contributed by atoms with van der Waals surface area (Å²) in [4.78, 5) is 0. The summed E-state index contributed by atoms with van der Waals surface area (Å²) in [6, 6.07) is 0.765. The van der Waals surface area contributed by atoms with E-state index in [1.807, 2.05) is 0 Å². The van der Waals surface area contributed by atoms with Crippen LogP contribution in [0.4, 0.5) is 0 Å². The molecule has 0 aromatic heterocycles. The fourth-order valence-corrected chi connectivity index (χ4v) is 2.56. The van der Waals surface area contributed by atoms with E-state index in [-0.39, 0.29) is 5.54 Å². The zero-order valence-corrected chi connectivity index (χ0v) is 8.68. The van der Waals surface area contributed by atoms with E-state index >= 15 is 0 Å². The Hall–Kier alpha value is -0.0800. The molecule has 2 fully saturated rings. The quantitative estimate of drug-likeness (QED) is 0.696. The maximum atomic E-state index is 6.27. The van der Waals surface area contributed by atoms with Gasteiger partial charge in [-0.05, 0) is 31.6 Å². The molecule has 2 rings (SSSR count). The number of rotatable bonds is 3. The van der Waals surface area contributed by atoms with Gasteiger partial charge in [-0.1, -0.05) is 19.8 Å². The highest BCUT2D eigenvalue weighted by Gasteiger charge is 2.32. The molecule has 0 saturated heterocycles. The molecule has 0 bridgehead atoms. The molecule has 76 valence electrons. The smallest absolute Gasteiger partial charge is 0.0280 e. The Kier molecular flexibility index (Phi) is 2.61. The number of hydrogen-bond acceptors (Lipinski definition) is 2. The highest BCUT2D eigenvalue weighted by atomic mass is 15.0. The molecule has 0 radical (unpaired) electrons. The van der Waals surface area contributed by atoms with Crippen molar-refractivity contribution in [1.29, 1.82) is 0 Å². The van der Waals surface area contributed by atoms with E-state index in [1.54, 1.807) is 0 Å². The lowest BCUT2D eigenvalue weighted by molar-refractivity contribution is 0.213. The van der Waals surface area contributed by atoms with E-state index in [1.165, 1.54) is 38.5 Å². The summed E-state index contributed by atoms with van der Waals surface area (Å²) in [6.45, 7) is 3.38. The van der Waals surface area contributed by atoms with Crippen LogP contribution in [0.5, 0.6) is 0 Å². The van der Waals surface area contributed by atoms with Gasteiger partial charge in [-0.25, -0.2) is 0 Å². The normalized spacial score (nSPS) is 37.4. The van der Waals surface area contributed by atoms with Crippen LogP contribution in [0.15, 0.2) is 0 Å². The largest absolute Gasteiger partial charge is 0.324 e. The Balaban J connectivity index is 1.72. The van der Waals surface area contributed by atoms with Gasteiger partial charge in [0.25, 0.3) is 0 Å². The molecule has 2 aliphatic rings. The Morgan fingerprint density at radius 2 is 2.00 bits per heavy atom.